The predicted octanol–water partition coefficient (Wildman–Crippen LogP) is 2.61. The number of anilines is 1. The normalized spacial score (nSPS) is 11.4. The first kappa shape index (κ1) is 15.2. The first-order valence-corrected chi connectivity index (χ1v) is 7.54. The lowest BCUT2D eigenvalue weighted by molar-refractivity contribution is 0.102. The number of rotatable bonds is 3. The minimum atomic E-state index is -0.181. The molecule has 3 rings (SSSR count). The molecular weight excluding hydrogens is 292 g/mol. The minimum Gasteiger partial charge on any atom is -0.307 e. The molecule has 7 nitrogen and oxygen atoms in total. The maximum absolute atomic E-state index is 12.8. The van der Waals surface area contributed by atoms with Crippen molar-refractivity contribution >= 4 is 22.8 Å². The van der Waals surface area contributed by atoms with Crippen LogP contribution in [0.2, 0.25) is 0 Å². The van der Waals surface area contributed by atoms with Gasteiger partial charge in [-0.3, -0.25) is 9.48 Å². The van der Waals surface area contributed by atoms with Crippen molar-refractivity contribution in [2.45, 2.75) is 33.7 Å². The fraction of sp³-hybridized carbons (Fsp3) is 0.375. The monoisotopic (exact) mass is 312 g/mol. The van der Waals surface area contributed by atoms with Crippen LogP contribution in [0.4, 0.5) is 5.82 Å². The molecule has 23 heavy (non-hydrogen) atoms. The Balaban J connectivity index is 2.06. The second-order valence-corrected chi connectivity index (χ2v) is 5.93. The van der Waals surface area contributed by atoms with Crippen LogP contribution in [0.15, 0.2) is 18.3 Å². The van der Waals surface area contributed by atoms with Crippen LogP contribution in [0.1, 0.15) is 41.6 Å². The second-order valence-electron chi connectivity index (χ2n) is 5.93. The van der Waals surface area contributed by atoms with Crippen molar-refractivity contribution in [1.29, 1.82) is 0 Å². The van der Waals surface area contributed by atoms with Crippen LogP contribution < -0.4 is 5.32 Å². The van der Waals surface area contributed by atoms with Crippen LogP contribution in [0.5, 0.6) is 0 Å². The predicted molar refractivity (Wildman–Crippen MR) is 88.5 cm³/mol. The zero-order chi connectivity index (χ0) is 16.7. The Morgan fingerprint density at radius 3 is 2.74 bits per heavy atom. The highest BCUT2D eigenvalue weighted by Crippen LogP contribution is 2.23. The topological polar surface area (TPSA) is 77.6 Å². The van der Waals surface area contributed by atoms with Gasteiger partial charge in [0.2, 0.25) is 0 Å². The van der Waals surface area contributed by atoms with Crippen LogP contribution >= 0.6 is 0 Å². The number of hydrogen-bond donors (Lipinski definition) is 1. The van der Waals surface area contributed by atoms with Gasteiger partial charge in [-0.25, -0.2) is 9.67 Å². The molecule has 0 aliphatic rings. The van der Waals surface area contributed by atoms with E-state index in [4.69, 9.17) is 0 Å². The minimum absolute atomic E-state index is 0.166. The van der Waals surface area contributed by atoms with Gasteiger partial charge in [-0.05, 0) is 33.8 Å². The molecule has 0 atom stereocenters. The standard InChI is InChI=1S/C16H20N6O/c1-9(2)22-13(6-7-17-22)19-16(23)12-8-10(3)18-15-14(12)11(4)20-21(15)5/h6-9H,1-5H3,(H,19,23). The summed E-state index contributed by atoms with van der Waals surface area (Å²) in [6.45, 7) is 7.79. The van der Waals surface area contributed by atoms with E-state index >= 15 is 0 Å². The van der Waals surface area contributed by atoms with E-state index in [1.165, 1.54) is 0 Å². The molecule has 3 heterocycles. The van der Waals surface area contributed by atoms with Crippen molar-refractivity contribution in [2.75, 3.05) is 5.32 Å². The number of amides is 1. The molecule has 0 bridgehead atoms. The van der Waals surface area contributed by atoms with Gasteiger partial charge >= 0.3 is 0 Å². The summed E-state index contributed by atoms with van der Waals surface area (Å²) in [5.74, 6) is 0.494. The zero-order valence-corrected chi connectivity index (χ0v) is 14.0. The van der Waals surface area contributed by atoms with Crippen LogP contribution in [0.25, 0.3) is 11.0 Å². The molecule has 0 unspecified atom stereocenters. The van der Waals surface area contributed by atoms with Crippen molar-refractivity contribution in [1.82, 2.24) is 24.5 Å². The summed E-state index contributed by atoms with van der Waals surface area (Å²) in [7, 11) is 1.83. The lowest BCUT2D eigenvalue weighted by Crippen LogP contribution is -2.17. The Morgan fingerprint density at radius 2 is 2.04 bits per heavy atom. The number of nitrogens with zero attached hydrogens (tertiary/aromatic N) is 5. The summed E-state index contributed by atoms with van der Waals surface area (Å²) in [4.78, 5) is 17.3. The maximum atomic E-state index is 12.8. The smallest absolute Gasteiger partial charge is 0.257 e. The molecule has 3 aromatic rings. The summed E-state index contributed by atoms with van der Waals surface area (Å²) in [5.41, 5.74) is 2.86. The SMILES string of the molecule is Cc1cc(C(=O)Nc2ccnn2C(C)C)c2c(C)nn(C)c2n1. The molecule has 120 valence electrons. The van der Waals surface area contributed by atoms with Gasteiger partial charge in [0.15, 0.2) is 5.65 Å². The van der Waals surface area contributed by atoms with Crippen molar-refractivity contribution in [3.05, 3.63) is 35.3 Å². The average Bonchev–Trinajstić information content (AvgIpc) is 3.04. The van der Waals surface area contributed by atoms with Gasteiger partial charge < -0.3 is 5.32 Å². The van der Waals surface area contributed by atoms with Gasteiger partial charge in [0.1, 0.15) is 5.82 Å². The quantitative estimate of drug-likeness (QED) is 0.806. The molecule has 0 aliphatic heterocycles. The number of aromatic nitrogens is 5. The van der Waals surface area contributed by atoms with E-state index in [1.807, 2.05) is 34.7 Å². The summed E-state index contributed by atoms with van der Waals surface area (Å²) in [6.07, 6.45) is 1.68. The van der Waals surface area contributed by atoms with Gasteiger partial charge in [-0.1, -0.05) is 0 Å². The molecular formula is C16H20N6O. The van der Waals surface area contributed by atoms with Crippen molar-refractivity contribution in [2.24, 2.45) is 7.05 Å². The molecule has 7 heteroatoms. The summed E-state index contributed by atoms with van der Waals surface area (Å²) < 4.78 is 3.48. The number of pyridine rings is 1. The highest BCUT2D eigenvalue weighted by atomic mass is 16.1. The van der Waals surface area contributed by atoms with Crippen molar-refractivity contribution in [3.8, 4) is 0 Å². The number of aryl methyl sites for hydroxylation is 3. The molecule has 0 radical (unpaired) electrons. The zero-order valence-electron chi connectivity index (χ0n) is 14.0. The van der Waals surface area contributed by atoms with E-state index in [0.29, 0.717) is 17.0 Å². The highest BCUT2D eigenvalue weighted by molar-refractivity contribution is 6.12. The number of carbonyl (C=O) groups excluding carboxylic acids is 1. The molecule has 0 saturated carbocycles. The fourth-order valence-electron chi connectivity index (χ4n) is 2.76. The van der Waals surface area contributed by atoms with Gasteiger partial charge in [0, 0.05) is 24.8 Å². The molecule has 0 aliphatic carbocycles. The van der Waals surface area contributed by atoms with Crippen LogP contribution in [0.3, 0.4) is 0 Å². The third-order valence-electron chi connectivity index (χ3n) is 3.74. The lowest BCUT2D eigenvalue weighted by Gasteiger charge is -2.12. The number of carbonyl (C=O) groups is 1. The van der Waals surface area contributed by atoms with Gasteiger partial charge in [-0.15, -0.1) is 0 Å². The van der Waals surface area contributed by atoms with Crippen molar-refractivity contribution in [3.63, 3.8) is 0 Å². The first-order valence-electron chi connectivity index (χ1n) is 7.54. The summed E-state index contributed by atoms with van der Waals surface area (Å²) >= 11 is 0. The number of nitrogens with one attached hydrogen (secondary N) is 1. The Bertz CT molecular complexity index is 889. The summed E-state index contributed by atoms with van der Waals surface area (Å²) in [5, 5.41) is 12.3. The first-order chi connectivity index (χ1) is 10.9. The second kappa shape index (κ2) is 5.49. The lowest BCUT2D eigenvalue weighted by atomic mass is 10.1. The van der Waals surface area contributed by atoms with Crippen LogP contribution in [0, 0.1) is 13.8 Å². The summed E-state index contributed by atoms with van der Waals surface area (Å²) in [6, 6.07) is 3.75. The molecule has 0 saturated heterocycles. The molecule has 0 fully saturated rings. The van der Waals surface area contributed by atoms with E-state index in [0.717, 1.165) is 16.8 Å². The molecule has 0 aromatic carbocycles. The van der Waals surface area contributed by atoms with Crippen LogP contribution in [-0.2, 0) is 7.05 Å². The molecule has 1 amide bonds. The Kier molecular flexibility index (Phi) is 3.63. The average molecular weight is 312 g/mol. The number of hydrogen-bond acceptors (Lipinski definition) is 4. The van der Waals surface area contributed by atoms with E-state index in [2.05, 4.69) is 20.5 Å². The van der Waals surface area contributed by atoms with Gasteiger partial charge in [-0.2, -0.15) is 10.2 Å². The van der Waals surface area contributed by atoms with E-state index in [1.54, 1.807) is 27.7 Å². The van der Waals surface area contributed by atoms with E-state index in [9.17, 15) is 4.79 Å². The van der Waals surface area contributed by atoms with E-state index < -0.39 is 0 Å². The molecule has 3 aromatic heterocycles. The third kappa shape index (κ3) is 2.58. The van der Waals surface area contributed by atoms with E-state index in [-0.39, 0.29) is 11.9 Å². The number of fused-ring (bicyclic) bond motifs is 1. The molecule has 1 N–H and O–H groups in total. The van der Waals surface area contributed by atoms with Gasteiger partial charge in [0.25, 0.3) is 5.91 Å². The Labute approximate surface area is 134 Å². The highest BCUT2D eigenvalue weighted by Gasteiger charge is 2.19. The van der Waals surface area contributed by atoms with Gasteiger partial charge in [0.05, 0.1) is 22.8 Å². The fourth-order valence-corrected chi connectivity index (χ4v) is 2.76. The molecule has 0 spiro atoms. The largest absolute Gasteiger partial charge is 0.307 e. The van der Waals surface area contributed by atoms with Crippen molar-refractivity contribution < 1.29 is 4.79 Å². The Morgan fingerprint density at radius 1 is 1.30 bits per heavy atom. The maximum Gasteiger partial charge on any atom is 0.257 e. The Hall–Kier alpha value is -2.70. The van der Waals surface area contributed by atoms with Crippen LogP contribution in [-0.4, -0.2) is 30.5 Å². The third-order valence-corrected chi connectivity index (χ3v) is 3.74.